The Morgan fingerprint density at radius 2 is 2.12 bits per heavy atom. The maximum atomic E-state index is 11.7. The van der Waals surface area contributed by atoms with Gasteiger partial charge in [0, 0.05) is 18.6 Å². The molecule has 0 saturated heterocycles. The summed E-state index contributed by atoms with van der Waals surface area (Å²) in [5, 5.41) is 2.98. The maximum absolute atomic E-state index is 11.7. The molecule has 0 aromatic carbocycles. The van der Waals surface area contributed by atoms with E-state index in [0.29, 0.717) is 25.0 Å². The highest BCUT2D eigenvalue weighted by molar-refractivity contribution is 5.85. The van der Waals surface area contributed by atoms with E-state index < -0.39 is 0 Å². The highest BCUT2D eigenvalue weighted by Crippen LogP contribution is 2.34. The fourth-order valence-electron chi connectivity index (χ4n) is 1.98. The molecule has 2 unspecified atom stereocenters. The number of rotatable bonds is 7. The number of amides is 1. The molecule has 1 amide bonds. The van der Waals surface area contributed by atoms with E-state index in [0.717, 1.165) is 6.42 Å². The van der Waals surface area contributed by atoms with Gasteiger partial charge in [0.15, 0.2) is 0 Å². The summed E-state index contributed by atoms with van der Waals surface area (Å²) in [6.07, 6.45) is 3.50. The van der Waals surface area contributed by atoms with E-state index in [1.165, 1.54) is 12.8 Å². The van der Waals surface area contributed by atoms with Crippen LogP contribution in [-0.4, -0.2) is 43.0 Å². The molecule has 2 atom stereocenters. The Kier molecular flexibility index (Phi) is 7.75. The quantitative estimate of drug-likeness (QED) is 0.720. The first-order chi connectivity index (χ1) is 7.58. The summed E-state index contributed by atoms with van der Waals surface area (Å²) in [5.74, 6) is 0.822. The minimum Gasteiger partial charge on any atom is -0.353 e. The molecule has 0 radical (unpaired) electrons. The average Bonchev–Trinajstić information content (AvgIpc) is 3.02. The van der Waals surface area contributed by atoms with Gasteiger partial charge in [-0.1, -0.05) is 6.92 Å². The van der Waals surface area contributed by atoms with Crippen LogP contribution in [0.1, 0.15) is 33.1 Å². The molecular weight excluding hydrogens is 238 g/mol. The van der Waals surface area contributed by atoms with E-state index in [9.17, 15) is 4.79 Å². The van der Waals surface area contributed by atoms with Gasteiger partial charge in [-0.3, -0.25) is 9.69 Å². The van der Waals surface area contributed by atoms with Gasteiger partial charge in [0.1, 0.15) is 0 Å². The van der Waals surface area contributed by atoms with E-state index >= 15 is 0 Å². The summed E-state index contributed by atoms with van der Waals surface area (Å²) in [6.45, 7) is 5.21. The molecular formula is C12H26ClN3O. The standard InChI is InChI=1S/C12H25N3O.ClH/c1-4-9(2)14-12(16)8-15(3)11(7-13)10-5-6-10;/h9-11H,4-8,13H2,1-3H3,(H,14,16);1H. The van der Waals surface area contributed by atoms with Gasteiger partial charge in [0.2, 0.25) is 5.91 Å². The van der Waals surface area contributed by atoms with Gasteiger partial charge < -0.3 is 11.1 Å². The van der Waals surface area contributed by atoms with Crippen LogP contribution in [0.3, 0.4) is 0 Å². The molecule has 102 valence electrons. The predicted molar refractivity (Wildman–Crippen MR) is 73.3 cm³/mol. The summed E-state index contributed by atoms with van der Waals surface area (Å²) >= 11 is 0. The number of nitrogens with two attached hydrogens (primary N) is 1. The van der Waals surface area contributed by atoms with Gasteiger partial charge in [0.05, 0.1) is 6.54 Å². The molecule has 4 nitrogen and oxygen atoms in total. The summed E-state index contributed by atoms with van der Waals surface area (Å²) in [4.78, 5) is 13.8. The van der Waals surface area contributed by atoms with Gasteiger partial charge >= 0.3 is 0 Å². The second-order valence-corrected chi connectivity index (χ2v) is 4.93. The molecule has 5 heteroatoms. The van der Waals surface area contributed by atoms with Crippen molar-refractivity contribution in [2.45, 2.75) is 45.2 Å². The summed E-state index contributed by atoms with van der Waals surface area (Å²) in [6, 6.07) is 0.640. The molecule has 1 aliphatic carbocycles. The Morgan fingerprint density at radius 1 is 1.53 bits per heavy atom. The Balaban J connectivity index is 0.00000256. The van der Waals surface area contributed by atoms with Gasteiger partial charge in [0.25, 0.3) is 0 Å². The zero-order valence-corrected chi connectivity index (χ0v) is 11.9. The van der Waals surface area contributed by atoms with E-state index in [2.05, 4.69) is 17.1 Å². The minimum absolute atomic E-state index is 0. The highest BCUT2D eigenvalue weighted by atomic mass is 35.5. The number of likely N-dealkylation sites (N-methyl/N-ethyl adjacent to an activating group) is 1. The largest absolute Gasteiger partial charge is 0.353 e. The summed E-state index contributed by atoms with van der Waals surface area (Å²) < 4.78 is 0. The third-order valence-corrected chi connectivity index (χ3v) is 3.39. The molecule has 0 aliphatic heterocycles. The lowest BCUT2D eigenvalue weighted by atomic mass is 10.1. The summed E-state index contributed by atoms with van der Waals surface area (Å²) in [5.41, 5.74) is 5.74. The van der Waals surface area contributed by atoms with Gasteiger partial charge in [-0.05, 0) is 39.2 Å². The normalized spacial score (nSPS) is 18.4. The number of hydrogen-bond acceptors (Lipinski definition) is 3. The van der Waals surface area contributed by atoms with Crippen molar-refractivity contribution in [2.75, 3.05) is 20.1 Å². The fraction of sp³-hybridized carbons (Fsp3) is 0.917. The van der Waals surface area contributed by atoms with Crippen LogP contribution in [0.5, 0.6) is 0 Å². The third-order valence-electron chi connectivity index (χ3n) is 3.39. The van der Waals surface area contributed by atoms with E-state index in [-0.39, 0.29) is 24.4 Å². The first kappa shape index (κ1) is 16.7. The number of hydrogen-bond donors (Lipinski definition) is 2. The van der Waals surface area contributed by atoms with E-state index in [1.54, 1.807) is 0 Å². The molecule has 0 aromatic rings. The van der Waals surface area contributed by atoms with Gasteiger partial charge in [-0.2, -0.15) is 0 Å². The molecule has 0 aromatic heterocycles. The Labute approximate surface area is 111 Å². The van der Waals surface area contributed by atoms with Crippen LogP contribution in [0.4, 0.5) is 0 Å². The maximum Gasteiger partial charge on any atom is 0.234 e. The molecule has 1 fully saturated rings. The molecule has 1 aliphatic rings. The lowest BCUT2D eigenvalue weighted by Crippen LogP contribution is -2.46. The molecule has 3 N–H and O–H groups in total. The smallest absolute Gasteiger partial charge is 0.234 e. The second-order valence-electron chi connectivity index (χ2n) is 4.93. The van der Waals surface area contributed by atoms with E-state index in [1.807, 2.05) is 14.0 Å². The Hall–Kier alpha value is -0.320. The number of halogens is 1. The van der Waals surface area contributed by atoms with Crippen molar-refractivity contribution in [1.29, 1.82) is 0 Å². The van der Waals surface area contributed by atoms with Crippen LogP contribution in [0.15, 0.2) is 0 Å². The van der Waals surface area contributed by atoms with Crippen molar-refractivity contribution in [3.05, 3.63) is 0 Å². The Morgan fingerprint density at radius 3 is 2.53 bits per heavy atom. The lowest BCUT2D eigenvalue weighted by Gasteiger charge is -2.26. The monoisotopic (exact) mass is 263 g/mol. The van der Waals surface area contributed by atoms with Crippen LogP contribution in [0, 0.1) is 5.92 Å². The molecule has 0 heterocycles. The van der Waals surface area contributed by atoms with E-state index in [4.69, 9.17) is 5.73 Å². The fourth-order valence-corrected chi connectivity index (χ4v) is 1.98. The van der Waals surface area contributed by atoms with Gasteiger partial charge in [-0.25, -0.2) is 0 Å². The molecule has 1 saturated carbocycles. The number of carbonyl (C=O) groups is 1. The number of carbonyl (C=O) groups excluding carboxylic acids is 1. The summed E-state index contributed by atoms with van der Waals surface area (Å²) in [7, 11) is 1.99. The third kappa shape index (κ3) is 5.70. The predicted octanol–water partition coefficient (Wildman–Crippen LogP) is 0.992. The Bertz CT molecular complexity index is 234. The minimum atomic E-state index is 0. The van der Waals surface area contributed by atoms with Crippen molar-refractivity contribution in [3.63, 3.8) is 0 Å². The average molecular weight is 264 g/mol. The van der Waals surface area contributed by atoms with Crippen LogP contribution >= 0.6 is 12.4 Å². The van der Waals surface area contributed by atoms with Crippen molar-refractivity contribution < 1.29 is 4.79 Å². The number of nitrogens with zero attached hydrogens (tertiary/aromatic N) is 1. The molecule has 1 rings (SSSR count). The number of nitrogens with one attached hydrogen (secondary N) is 1. The van der Waals surface area contributed by atoms with Crippen LogP contribution < -0.4 is 11.1 Å². The molecule has 17 heavy (non-hydrogen) atoms. The van der Waals surface area contributed by atoms with Crippen molar-refractivity contribution in [3.8, 4) is 0 Å². The first-order valence-corrected chi connectivity index (χ1v) is 6.28. The lowest BCUT2D eigenvalue weighted by molar-refractivity contribution is -0.123. The topological polar surface area (TPSA) is 58.4 Å². The zero-order chi connectivity index (χ0) is 12.1. The van der Waals surface area contributed by atoms with Crippen LogP contribution in [0.2, 0.25) is 0 Å². The SMILES string of the molecule is CCC(C)NC(=O)CN(C)C(CN)C1CC1.Cl. The van der Waals surface area contributed by atoms with Gasteiger partial charge in [-0.15, -0.1) is 12.4 Å². The second kappa shape index (κ2) is 7.90. The highest BCUT2D eigenvalue weighted by Gasteiger charge is 2.33. The van der Waals surface area contributed by atoms with Crippen molar-refractivity contribution in [1.82, 2.24) is 10.2 Å². The van der Waals surface area contributed by atoms with Crippen molar-refractivity contribution >= 4 is 18.3 Å². The van der Waals surface area contributed by atoms with Crippen LogP contribution in [-0.2, 0) is 4.79 Å². The molecule has 0 bridgehead atoms. The first-order valence-electron chi connectivity index (χ1n) is 6.28. The van der Waals surface area contributed by atoms with Crippen molar-refractivity contribution in [2.24, 2.45) is 11.7 Å². The zero-order valence-electron chi connectivity index (χ0n) is 11.1. The molecule has 0 spiro atoms. The van der Waals surface area contributed by atoms with Crippen LogP contribution in [0.25, 0.3) is 0 Å².